The lowest BCUT2D eigenvalue weighted by Crippen LogP contribution is -1.95. The topological polar surface area (TPSA) is 33.1 Å². The first-order valence-electron chi connectivity index (χ1n) is 4.86. The molecular formula is C11H17NOS. The van der Waals surface area contributed by atoms with Crippen molar-refractivity contribution in [2.24, 2.45) is 5.92 Å². The molecule has 2 nitrogen and oxygen atoms in total. The van der Waals surface area contributed by atoms with Crippen LogP contribution in [0.4, 0.5) is 0 Å². The third-order valence-corrected chi connectivity index (χ3v) is 3.16. The summed E-state index contributed by atoms with van der Waals surface area (Å²) in [4.78, 5) is 4.25. The fourth-order valence-corrected chi connectivity index (χ4v) is 1.87. The van der Waals surface area contributed by atoms with Crippen molar-refractivity contribution in [1.82, 2.24) is 4.98 Å². The van der Waals surface area contributed by atoms with Gasteiger partial charge in [-0.05, 0) is 30.5 Å². The molecule has 1 N–H and O–H groups in total. The lowest BCUT2D eigenvalue weighted by Gasteiger charge is -2.07. The third kappa shape index (κ3) is 3.68. The van der Waals surface area contributed by atoms with E-state index in [1.165, 1.54) is 0 Å². The van der Waals surface area contributed by atoms with Gasteiger partial charge in [-0.1, -0.05) is 13.8 Å². The van der Waals surface area contributed by atoms with E-state index in [9.17, 15) is 5.11 Å². The van der Waals surface area contributed by atoms with Crippen molar-refractivity contribution in [2.75, 3.05) is 5.75 Å². The molecule has 0 spiro atoms. The van der Waals surface area contributed by atoms with Gasteiger partial charge in [0.05, 0.1) is 11.1 Å². The Labute approximate surface area is 89.8 Å². The highest BCUT2D eigenvalue weighted by molar-refractivity contribution is 7.99. The summed E-state index contributed by atoms with van der Waals surface area (Å²) in [6.45, 7) is 6.14. The van der Waals surface area contributed by atoms with E-state index >= 15 is 0 Å². The SMILES string of the molecule is CC(C)CSc1cc(C(C)O)ccn1. The smallest absolute Gasteiger partial charge is 0.0963 e. The van der Waals surface area contributed by atoms with Gasteiger partial charge in [-0.3, -0.25) is 0 Å². The van der Waals surface area contributed by atoms with Crippen LogP contribution in [0.25, 0.3) is 0 Å². The minimum Gasteiger partial charge on any atom is -0.389 e. The molecule has 0 saturated heterocycles. The Morgan fingerprint density at radius 3 is 2.71 bits per heavy atom. The lowest BCUT2D eigenvalue weighted by molar-refractivity contribution is 0.199. The molecule has 0 aromatic carbocycles. The van der Waals surface area contributed by atoms with Gasteiger partial charge in [0.1, 0.15) is 0 Å². The fourth-order valence-electron chi connectivity index (χ4n) is 1.02. The standard InChI is InChI=1S/C11H17NOS/c1-8(2)7-14-11-6-10(9(3)13)4-5-12-11/h4-6,8-9,13H,7H2,1-3H3. The molecule has 3 heteroatoms. The van der Waals surface area contributed by atoms with E-state index < -0.39 is 6.10 Å². The molecule has 14 heavy (non-hydrogen) atoms. The zero-order valence-electron chi connectivity index (χ0n) is 8.90. The maximum atomic E-state index is 9.39. The highest BCUT2D eigenvalue weighted by atomic mass is 32.2. The van der Waals surface area contributed by atoms with Gasteiger partial charge in [0.15, 0.2) is 0 Å². The summed E-state index contributed by atoms with van der Waals surface area (Å²) in [6.07, 6.45) is 1.35. The molecule has 1 unspecified atom stereocenters. The van der Waals surface area contributed by atoms with Gasteiger partial charge in [0.2, 0.25) is 0 Å². The van der Waals surface area contributed by atoms with Crippen molar-refractivity contribution >= 4 is 11.8 Å². The normalized spacial score (nSPS) is 13.2. The van der Waals surface area contributed by atoms with Crippen molar-refractivity contribution in [3.63, 3.8) is 0 Å². The third-order valence-electron chi connectivity index (χ3n) is 1.81. The van der Waals surface area contributed by atoms with Crippen LogP contribution in [-0.4, -0.2) is 15.8 Å². The van der Waals surface area contributed by atoms with Crippen molar-refractivity contribution < 1.29 is 5.11 Å². The van der Waals surface area contributed by atoms with Crippen LogP contribution >= 0.6 is 11.8 Å². The van der Waals surface area contributed by atoms with Crippen LogP contribution in [-0.2, 0) is 0 Å². The summed E-state index contributed by atoms with van der Waals surface area (Å²) in [5.74, 6) is 1.73. The van der Waals surface area contributed by atoms with Gasteiger partial charge in [-0.25, -0.2) is 4.98 Å². The highest BCUT2D eigenvalue weighted by Gasteiger charge is 2.03. The monoisotopic (exact) mass is 211 g/mol. The predicted molar refractivity (Wildman–Crippen MR) is 60.4 cm³/mol. The maximum Gasteiger partial charge on any atom is 0.0963 e. The molecule has 78 valence electrons. The van der Waals surface area contributed by atoms with Crippen LogP contribution in [0, 0.1) is 5.92 Å². The molecule has 1 aromatic rings. The first-order chi connectivity index (χ1) is 6.59. The Kier molecular flexibility index (Phi) is 4.42. The second-order valence-electron chi connectivity index (χ2n) is 3.81. The number of aromatic nitrogens is 1. The molecule has 1 aromatic heterocycles. The summed E-state index contributed by atoms with van der Waals surface area (Å²) in [7, 11) is 0. The Hall–Kier alpha value is -0.540. The molecule has 0 bridgehead atoms. The van der Waals surface area contributed by atoms with Crippen molar-refractivity contribution in [1.29, 1.82) is 0 Å². The number of pyridine rings is 1. The summed E-state index contributed by atoms with van der Waals surface area (Å²) < 4.78 is 0. The summed E-state index contributed by atoms with van der Waals surface area (Å²) in [5.41, 5.74) is 0.936. The number of hydrogen-bond acceptors (Lipinski definition) is 3. The summed E-state index contributed by atoms with van der Waals surface area (Å²) in [6, 6.07) is 3.81. The molecule has 0 radical (unpaired) electrons. The first kappa shape index (κ1) is 11.5. The van der Waals surface area contributed by atoms with Crippen molar-refractivity contribution in [2.45, 2.75) is 31.9 Å². The van der Waals surface area contributed by atoms with Gasteiger partial charge < -0.3 is 5.11 Å². The van der Waals surface area contributed by atoms with E-state index in [-0.39, 0.29) is 0 Å². The van der Waals surface area contributed by atoms with Crippen molar-refractivity contribution in [3.05, 3.63) is 23.9 Å². The lowest BCUT2D eigenvalue weighted by atomic mass is 10.2. The molecule has 1 atom stereocenters. The Morgan fingerprint density at radius 2 is 2.14 bits per heavy atom. The van der Waals surface area contributed by atoms with Crippen LogP contribution in [0.1, 0.15) is 32.4 Å². The van der Waals surface area contributed by atoms with Gasteiger partial charge in [-0.15, -0.1) is 11.8 Å². The minimum atomic E-state index is -0.406. The zero-order valence-corrected chi connectivity index (χ0v) is 9.71. The first-order valence-corrected chi connectivity index (χ1v) is 5.85. The fraction of sp³-hybridized carbons (Fsp3) is 0.545. The molecule has 0 saturated carbocycles. The quantitative estimate of drug-likeness (QED) is 0.777. The molecule has 0 aliphatic rings. The molecule has 0 aliphatic heterocycles. The number of nitrogens with zero attached hydrogens (tertiary/aromatic N) is 1. The number of aliphatic hydroxyl groups is 1. The number of thioether (sulfide) groups is 1. The van der Waals surface area contributed by atoms with E-state index in [0.717, 1.165) is 16.3 Å². The second-order valence-corrected chi connectivity index (χ2v) is 4.85. The van der Waals surface area contributed by atoms with Crippen LogP contribution in [0.3, 0.4) is 0 Å². The van der Waals surface area contributed by atoms with Gasteiger partial charge in [0, 0.05) is 11.9 Å². The Bertz CT molecular complexity index is 286. The van der Waals surface area contributed by atoms with Gasteiger partial charge >= 0.3 is 0 Å². The number of rotatable bonds is 4. The second kappa shape index (κ2) is 5.37. The molecule has 1 heterocycles. The number of hydrogen-bond donors (Lipinski definition) is 1. The van der Waals surface area contributed by atoms with E-state index in [4.69, 9.17) is 0 Å². The minimum absolute atomic E-state index is 0.406. The maximum absolute atomic E-state index is 9.39. The number of aliphatic hydroxyl groups excluding tert-OH is 1. The molecule has 0 amide bonds. The van der Waals surface area contributed by atoms with Crippen LogP contribution in [0.15, 0.2) is 23.4 Å². The van der Waals surface area contributed by atoms with Gasteiger partial charge in [0.25, 0.3) is 0 Å². The van der Waals surface area contributed by atoms with E-state index in [1.54, 1.807) is 24.9 Å². The van der Waals surface area contributed by atoms with Crippen LogP contribution in [0.2, 0.25) is 0 Å². The van der Waals surface area contributed by atoms with E-state index in [0.29, 0.717) is 5.92 Å². The summed E-state index contributed by atoms with van der Waals surface area (Å²) >= 11 is 1.74. The van der Waals surface area contributed by atoms with E-state index in [2.05, 4.69) is 18.8 Å². The average molecular weight is 211 g/mol. The Morgan fingerprint density at radius 1 is 1.43 bits per heavy atom. The van der Waals surface area contributed by atoms with Gasteiger partial charge in [-0.2, -0.15) is 0 Å². The van der Waals surface area contributed by atoms with Crippen LogP contribution < -0.4 is 0 Å². The molecule has 0 fully saturated rings. The van der Waals surface area contributed by atoms with E-state index in [1.807, 2.05) is 12.1 Å². The summed E-state index contributed by atoms with van der Waals surface area (Å²) in [5, 5.41) is 10.4. The Balaban J connectivity index is 2.64. The van der Waals surface area contributed by atoms with Crippen LogP contribution in [0.5, 0.6) is 0 Å². The molecular weight excluding hydrogens is 194 g/mol. The highest BCUT2D eigenvalue weighted by Crippen LogP contribution is 2.21. The largest absolute Gasteiger partial charge is 0.389 e. The molecule has 0 aliphatic carbocycles. The average Bonchev–Trinajstić information content (AvgIpc) is 2.15. The molecule has 1 rings (SSSR count). The predicted octanol–water partition coefficient (Wildman–Crippen LogP) is 2.88. The van der Waals surface area contributed by atoms with Crippen molar-refractivity contribution in [3.8, 4) is 0 Å². The zero-order chi connectivity index (χ0) is 10.6.